The number of hydrogen-bond donors (Lipinski definition) is 2. The summed E-state index contributed by atoms with van der Waals surface area (Å²) in [6.07, 6.45) is 1.74. The maximum atomic E-state index is 12.9. The second kappa shape index (κ2) is 13.4. The maximum Gasteiger partial charge on any atom is 0.326 e. The van der Waals surface area contributed by atoms with Crippen molar-refractivity contribution in [3.63, 3.8) is 0 Å². The predicted octanol–water partition coefficient (Wildman–Crippen LogP) is 4.37. The zero-order chi connectivity index (χ0) is 26.1. The third-order valence-corrected chi connectivity index (χ3v) is 6.39. The van der Waals surface area contributed by atoms with Crippen LogP contribution in [0.15, 0.2) is 42.5 Å². The zero-order valence-electron chi connectivity index (χ0n) is 22.0. The van der Waals surface area contributed by atoms with Crippen LogP contribution in [0.5, 0.6) is 5.75 Å². The van der Waals surface area contributed by atoms with E-state index in [1.165, 1.54) is 5.56 Å². The molecule has 7 nitrogen and oxygen atoms in total. The molecule has 36 heavy (non-hydrogen) atoms. The number of hydrogen-bond acceptors (Lipinski definition) is 5. The molecule has 3 rings (SSSR count). The largest absolute Gasteiger partial charge is 0.491 e. The Bertz CT molecular complexity index is 1020. The third-order valence-electron chi connectivity index (χ3n) is 6.39. The van der Waals surface area contributed by atoms with Gasteiger partial charge in [-0.2, -0.15) is 0 Å². The van der Waals surface area contributed by atoms with Crippen LogP contribution in [0.1, 0.15) is 61.2 Å². The Kier molecular flexibility index (Phi) is 10.3. The van der Waals surface area contributed by atoms with E-state index < -0.39 is 17.9 Å². The second-order valence-corrected chi connectivity index (χ2v) is 10.3. The lowest BCUT2D eigenvalue weighted by Gasteiger charge is -2.24. The van der Waals surface area contributed by atoms with Gasteiger partial charge in [0.2, 0.25) is 0 Å². The van der Waals surface area contributed by atoms with Gasteiger partial charge in [0, 0.05) is 25.1 Å². The standard InChI is InChI=1S/C29H40N2O5/c1-20(2)10-11-31-12-13-35-14-15-36-26-9-8-24(28(32)30-27(21(3)4)29(33)34)18-25(26)17-22-6-5-7-23(16-22)19-31/h5-9,16,18,20-21,27H,10-15,17,19H2,1-4H3,(H,30,32)(H,33,34). The summed E-state index contributed by atoms with van der Waals surface area (Å²) in [6.45, 7) is 12.3. The fourth-order valence-electron chi connectivity index (χ4n) is 4.27. The van der Waals surface area contributed by atoms with Crippen molar-refractivity contribution in [2.24, 2.45) is 11.8 Å². The third kappa shape index (κ3) is 8.35. The number of aliphatic carboxylic acids is 1. The summed E-state index contributed by atoms with van der Waals surface area (Å²) in [4.78, 5) is 26.9. The van der Waals surface area contributed by atoms with Crippen LogP contribution < -0.4 is 10.1 Å². The molecule has 0 radical (unpaired) electrons. The number of amides is 1. The van der Waals surface area contributed by atoms with E-state index in [0.29, 0.717) is 43.5 Å². The highest BCUT2D eigenvalue weighted by molar-refractivity contribution is 5.97. The number of carbonyl (C=O) groups excluding carboxylic acids is 1. The van der Waals surface area contributed by atoms with Crippen LogP contribution in [-0.4, -0.2) is 60.8 Å². The topological polar surface area (TPSA) is 88.1 Å². The summed E-state index contributed by atoms with van der Waals surface area (Å²) in [5.74, 6) is -0.326. The first-order chi connectivity index (χ1) is 17.2. The maximum absolute atomic E-state index is 12.9. The number of ether oxygens (including phenoxy) is 2. The van der Waals surface area contributed by atoms with Crippen LogP contribution in [0.2, 0.25) is 0 Å². The van der Waals surface area contributed by atoms with Gasteiger partial charge in [-0.3, -0.25) is 9.69 Å². The van der Waals surface area contributed by atoms with E-state index in [2.05, 4.69) is 48.3 Å². The van der Waals surface area contributed by atoms with Gasteiger partial charge in [0.1, 0.15) is 18.4 Å². The first-order valence-corrected chi connectivity index (χ1v) is 12.9. The highest BCUT2D eigenvalue weighted by atomic mass is 16.5. The Morgan fingerprint density at radius 1 is 1.03 bits per heavy atom. The van der Waals surface area contributed by atoms with Crippen LogP contribution in [0.3, 0.4) is 0 Å². The molecule has 0 spiro atoms. The average molecular weight is 497 g/mol. The molecule has 2 bridgehead atoms. The Morgan fingerprint density at radius 2 is 1.81 bits per heavy atom. The van der Waals surface area contributed by atoms with Crippen molar-refractivity contribution in [1.82, 2.24) is 10.2 Å². The molecule has 2 N–H and O–H groups in total. The molecule has 2 aromatic carbocycles. The lowest BCUT2D eigenvalue weighted by molar-refractivity contribution is -0.140. The van der Waals surface area contributed by atoms with Gasteiger partial charge in [-0.05, 0) is 59.7 Å². The van der Waals surface area contributed by atoms with E-state index >= 15 is 0 Å². The van der Waals surface area contributed by atoms with Gasteiger partial charge < -0.3 is 19.9 Å². The van der Waals surface area contributed by atoms with Crippen molar-refractivity contribution in [2.75, 3.05) is 32.9 Å². The number of carboxylic acid groups (broad SMARTS) is 1. The van der Waals surface area contributed by atoms with Gasteiger partial charge in [0.05, 0.1) is 13.2 Å². The fourth-order valence-corrected chi connectivity index (χ4v) is 4.27. The van der Waals surface area contributed by atoms with Gasteiger partial charge in [-0.1, -0.05) is 52.0 Å². The van der Waals surface area contributed by atoms with Gasteiger partial charge in [-0.15, -0.1) is 0 Å². The van der Waals surface area contributed by atoms with Gasteiger partial charge in [0.15, 0.2) is 0 Å². The molecule has 7 heteroatoms. The molecule has 1 aliphatic heterocycles. The lowest BCUT2D eigenvalue weighted by atomic mass is 9.99. The molecule has 1 aliphatic rings. The summed E-state index contributed by atoms with van der Waals surface area (Å²) < 4.78 is 11.9. The summed E-state index contributed by atoms with van der Waals surface area (Å²) in [5, 5.41) is 12.1. The minimum absolute atomic E-state index is 0.227. The molecule has 196 valence electrons. The smallest absolute Gasteiger partial charge is 0.326 e. The van der Waals surface area contributed by atoms with Crippen LogP contribution in [0, 0.1) is 11.8 Å². The number of carboxylic acids is 1. The van der Waals surface area contributed by atoms with Crippen LogP contribution >= 0.6 is 0 Å². The van der Waals surface area contributed by atoms with E-state index in [1.807, 2.05) is 0 Å². The summed E-state index contributed by atoms with van der Waals surface area (Å²) in [7, 11) is 0. The van der Waals surface area contributed by atoms with Crippen molar-refractivity contribution >= 4 is 11.9 Å². The highest BCUT2D eigenvalue weighted by Gasteiger charge is 2.24. The number of rotatable bonds is 7. The highest BCUT2D eigenvalue weighted by Crippen LogP contribution is 2.25. The van der Waals surface area contributed by atoms with E-state index in [4.69, 9.17) is 9.47 Å². The Morgan fingerprint density at radius 3 is 2.53 bits per heavy atom. The second-order valence-electron chi connectivity index (χ2n) is 10.3. The van der Waals surface area contributed by atoms with Crippen molar-refractivity contribution in [2.45, 2.75) is 53.1 Å². The molecule has 0 aliphatic carbocycles. The Labute approximate surface area is 214 Å². The Balaban J connectivity index is 1.85. The first kappa shape index (κ1) is 27.7. The van der Waals surface area contributed by atoms with Crippen molar-refractivity contribution in [1.29, 1.82) is 0 Å². The summed E-state index contributed by atoms with van der Waals surface area (Å²) >= 11 is 0. The first-order valence-electron chi connectivity index (χ1n) is 12.9. The monoisotopic (exact) mass is 496 g/mol. The average Bonchev–Trinajstić information content (AvgIpc) is 2.82. The van der Waals surface area contributed by atoms with Crippen LogP contribution in [-0.2, 0) is 22.5 Å². The normalized spacial score (nSPS) is 16.1. The molecule has 1 atom stereocenters. The Hall–Kier alpha value is -2.90. The van der Waals surface area contributed by atoms with Crippen molar-refractivity contribution < 1.29 is 24.2 Å². The number of nitrogens with zero attached hydrogens (tertiary/aromatic N) is 1. The molecule has 2 aromatic rings. The molecule has 1 unspecified atom stereocenters. The molecule has 0 saturated heterocycles. The van der Waals surface area contributed by atoms with E-state index in [-0.39, 0.29) is 5.92 Å². The fraction of sp³-hybridized carbons (Fsp3) is 0.517. The molecule has 0 saturated carbocycles. The molecule has 0 aromatic heterocycles. The van der Waals surface area contributed by atoms with Gasteiger partial charge >= 0.3 is 5.97 Å². The van der Waals surface area contributed by atoms with E-state index in [0.717, 1.165) is 37.2 Å². The predicted molar refractivity (Wildman–Crippen MR) is 140 cm³/mol. The molecule has 0 fully saturated rings. The number of fused-ring (bicyclic) bond motifs is 3. The van der Waals surface area contributed by atoms with E-state index in [1.54, 1.807) is 32.0 Å². The zero-order valence-corrected chi connectivity index (χ0v) is 22.0. The molecular formula is C29H40N2O5. The number of nitrogens with one attached hydrogen (secondary N) is 1. The van der Waals surface area contributed by atoms with E-state index in [9.17, 15) is 14.7 Å². The summed E-state index contributed by atoms with van der Waals surface area (Å²) in [5.41, 5.74) is 3.67. The molecule has 1 heterocycles. The van der Waals surface area contributed by atoms with Crippen LogP contribution in [0.25, 0.3) is 0 Å². The molecule has 1 amide bonds. The van der Waals surface area contributed by atoms with Gasteiger partial charge in [-0.25, -0.2) is 4.79 Å². The van der Waals surface area contributed by atoms with Gasteiger partial charge in [0.25, 0.3) is 5.91 Å². The SMILES string of the molecule is CC(C)CCN1CCOCCOc2ccc(C(=O)NC(C(=O)O)C(C)C)cc2Cc2cccc(c2)C1. The minimum atomic E-state index is -1.04. The van der Waals surface area contributed by atoms with Crippen molar-refractivity contribution in [3.05, 3.63) is 64.7 Å². The number of carbonyl (C=O) groups is 2. The van der Waals surface area contributed by atoms with Crippen LogP contribution in [0.4, 0.5) is 0 Å². The van der Waals surface area contributed by atoms with Crippen molar-refractivity contribution in [3.8, 4) is 5.75 Å². The lowest BCUT2D eigenvalue weighted by Crippen LogP contribution is -2.44. The summed E-state index contributed by atoms with van der Waals surface area (Å²) in [6, 6.07) is 12.9. The number of benzene rings is 2. The minimum Gasteiger partial charge on any atom is -0.491 e. The molecular weight excluding hydrogens is 456 g/mol. The quantitative estimate of drug-likeness (QED) is 0.592.